The third-order valence-corrected chi connectivity index (χ3v) is 6.22. The molecule has 0 unspecified atom stereocenters. The van der Waals surface area contributed by atoms with Gasteiger partial charge in [-0.15, -0.1) is 0 Å². The van der Waals surface area contributed by atoms with Crippen LogP contribution in [0.25, 0.3) is 10.9 Å². The van der Waals surface area contributed by atoms with E-state index in [1.165, 1.54) is 6.07 Å². The van der Waals surface area contributed by atoms with Crippen LogP contribution in [0.5, 0.6) is 0 Å². The summed E-state index contributed by atoms with van der Waals surface area (Å²) in [5.41, 5.74) is 4.02. The zero-order valence-corrected chi connectivity index (χ0v) is 16.0. The summed E-state index contributed by atoms with van der Waals surface area (Å²) in [6.07, 6.45) is 2.59. The standard InChI is InChI=1S/C20H21N3O4S/c24-20(21-8-7-14-10-22-19-4-2-1-3-18(14)19)11-23-28(25,26)17-6-5-15-12-27-13-16(15)9-17/h1-6,9-10,22-23H,7-8,11-13H2,(H,21,24). The summed E-state index contributed by atoms with van der Waals surface area (Å²) in [7, 11) is -3.75. The molecule has 1 aliphatic rings. The monoisotopic (exact) mass is 399 g/mol. The molecule has 0 bridgehead atoms. The maximum Gasteiger partial charge on any atom is 0.241 e. The largest absolute Gasteiger partial charge is 0.372 e. The smallest absolute Gasteiger partial charge is 0.241 e. The Labute approximate surface area is 163 Å². The summed E-state index contributed by atoms with van der Waals surface area (Å²) < 4.78 is 32.5. The van der Waals surface area contributed by atoms with Crippen molar-refractivity contribution in [2.75, 3.05) is 13.1 Å². The molecule has 2 heterocycles. The second-order valence-corrected chi connectivity index (χ2v) is 8.47. The van der Waals surface area contributed by atoms with Crippen molar-refractivity contribution in [2.45, 2.75) is 24.5 Å². The number of hydrogen-bond acceptors (Lipinski definition) is 4. The quantitative estimate of drug-likeness (QED) is 0.564. The average Bonchev–Trinajstić information content (AvgIpc) is 3.33. The number of H-pyrrole nitrogens is 1. The van der Waals surface area contributed by atoms with Crippen molar-refractivity contribution in [3.63, 3.8) is 0 Å². The van der Waals surface area contributed by atoms with Crippen LogP contribution >= 0.6 is 0 Å². The molecule has 1 amide bonds. The Kier molecular flexibility index (Phi) is 5.17. The molecule has 0 saturated heterocycles. The number of benzene rings is 2. The predicted molar refractivity (Wildman–Crippen MR) is 105 cm³/mol. The van der Waals surface area contributed by atoms with E-state index in [9.17, 15) is 13.2 Å². The molecule has 7 nitrogen and oxygen atoms in total. The summed E-state index contributed by atoms with van der Waals surface area (Å²) in [6, 6.07) is 12.8. The minimum absolute atomic E-state index is 0.142. The van der Waals surface area contributed by atoms with Gasteiger partial charge in [-0.2, -0.15) is 0 Å². The molecule has 0 atom stereocenters. The SMILES string of the molecule is O=C(CNS(=O)(=O)c1ccc2c(c1)COC2)NCCc1c[nH]c2ccccc12. The Morgan fingerprint density at radius 3 is 2.82 bits per heavy atom. The number of fused-ring (bicyclic) bond motifs is 2. The Bertz CT molecular complexity index is 1120. The highest BCUT2D eigenvalue weighted by molar-refractivity contribution is 7.89. The van der Waals surface area contributed by atoms with Gasteiger partial charge in [0.1, 0.15) is 0 Å². The van der Waals surface area contributed by atoms with Gasteiger partial charge in [0.05, 0.1) is 24.7 Å². The van der Waals surface area contributed by atoms with Crippen LogP contribution < -0.4 is 10.0 Å². The molecule has 28 heavy (non-hydrogen) atoms. The number of aromatic amines is 1. The fraction of sp³-hybridized carbons (Fsp3) is 0.250. The highest BCUT2D eigenvalue weighted by Crippen LogP contribution is 2.23. The highest BCUT2D eigenvalue weighted by atomic mass is 32.2. The molecular formula is C20H21N3O4S. The van der Waals surface area contributed by atoms with Crippen LogP contribution in [0, 0.1) is 0 Å². The van der Waals surface area contributed by atoms with Crippen molar-refractivity contribution < 1.29 is 17.9 Å². The number of carbonyl (C=O) groups excluding carboxylic acids is 1. The van der Waals surface area contributed by atoms with Crippen LogP contribution in [0.3, 0.4) is 0 Å². The van der Waals surface area contributed by atoms with Gasteiger partial charge in [-0.1, -0.05) is 24.3 Å². The Morgan fingerprint density at radius 1 is 1.11 bits per heavy atom. The number of para-hydroxylation sites is 1. The topological polar surface area (TPSA) is 100 Å². The van der Waals surface area contributed by atoms with Crippen molar-refractivity contribution in [2.24, 2.45) is 0 Å². The van der Waals surface area contributed by atoms with Crippen LogP contribution in [0.4, 0.5) is 0 Å². The van der Waals surface area contributed by atoms with Crippen molar-refractivity contribution in [3.05, 3.63) is 65.4 Å². The summed E-state index contributed by atoms with van der Waals surface area (Å²) in [5, 5.41) is 3.87. The number of ether oxygens (including phenoxy) is 1. The molecule has 3 aromatic rings. The lowest BCUT2D eigenvalue weighted by Crippen LogP contribution is -2.37. The number of rotatable bonds is 7. The van der Waals surface area contributed by atoms with E-state index >= 15 is 0 Å². The Balaban J connectivity index is 1.29. The number of hydrogen-bond donors (Lipinski definition) is 3. The molecule has 0 radical (unpaired) electrons. The average molecular weight is 399 g/mol. The van der Waals surface area contributed by atoms with Crippen LogP contribution in [-0.4, -0.2) is 32.4 Å². The van der Waals surface area contributed by atoms with Gasteiger partial charge in [0.2, 0.25) is 15.9 Å². The van der Waals surface area contributed by atoms with Gasteiger partial charge in [-0.3, -0.25) is 4.79 Å². The van der Waals surface area contributed by atoms with Crippen LogP contribution in [-0.2, 0) is 39.2 Å². The van der Waals surface area contributed by atoms with Crippen LogP contribution in [0.2, 0.25) is 0 Å². The maximum absolute atomic E-state index is 12.4. The number of amides is 1. The molecule has 4 rings (SSSR count). The van der Waals surface area contributed by atoms with E-state index in [2.05, 4.69) is 15.0 Å². The van der Waals surface area contributed by atoms with E-state index < -0.39 is 10.0 Å². The molecule has 0 saturated carbocycles. The van der Waals surface area contributed by atoms with Crippen LogP contribution in [0.1, 0.15) is 16.7 Å². The van der Waals surface area contributed by atoms with E-state index in [1.807, 2.05) is 30.5 Å². The van der Waals surface area contributed by atoms with E-state index in [0.717, 1.165) is 27.6 Å². The van der Waals surface area contributed by atoms with Gasteiger partial charge in [0.15, 0.2) is 0 Å². The molecular weight excluding hydrogens is 378 g/mol. The lowest BCUT2D eigenvalue weighted by Gasteiger charge is -2.09. The zero-order valence-electron chi connectivity index (χ0n) is 15.2. The molecule has 3 N–H and O–H groups in total. The van der Waals surface area contributed by atoms with Gasteiger partial charge in [0, 0.05) is 23.6 Å². The van der Waals surface area contributed by atoms with Crippen molar-refractivity contribution >= 4 is 26.8 Å². The molecule has 8 heteroatoms. The van der Waals surface area contributed by atoms with Gasteiger partial charge >= 0.3 is 0 Å². The lowest BCUT2D eigenvalue weighted by atomic mass is 10.1. The number of carbonyl (C=O) groups is 1. The summed E-state index contributed by atoms with van der Waals surface area (Å²) >= 11 is 0. The van der Waals surface area contributed by atoms with Gasteiger partial charge in [-0.05, 0) is 41.3 Å². The first-order chi connectivity index (χ1) is 13.5. The normalized spacial score (nSPS) is 13.6. The van der Waals surface area contributed by atoms with E-state index in [4.69, 9.17) is 4.74 Å². The third-order valence-electron chi connectivity index (χ3n) is 4.82. The Hall–Kier alpha value is -2.68. The fourth-order valence-corrected chi connectivity index (χ4v) is 4.33. The first-order valence-corrected chi connectivity index (χ1v) is 10.5. The fourth-order valence-electron chi connectivity index (χ4n) is 3.30. The second kappa shape index (κ2) is 7.75. The summed E-state index contributed by atoms with van der Waals surface area (Å²) in [5.74, 6) is -0.368. The molecule has 0 fully saturated rings. The summed E-state index contributed by atoms with van der Waals surface area (Å²) in [6.45, 7) is 1.04. The number of aromatic nitrogens is 1. The lowest BCUT2D eigenvalue weighted by molar-refractivity contribution is -0.119. The van der Waals surface area contributed by atoms with Crippen molar-refractivity contribution in [1.29, 1.82) is 0 Å². The van der Waals surface area contributed by atoms with Gasteiger partial charge in [0.25, 0.3) is 0 Å². The molecule has 1 aromatic heterocycles. The second-order valence-electron chi connectivity index (χ2n) is 6.71. The van der Waals surface area contributed by atoms with E-state index in [1.54, 1.807) is 12.1 Å². The first kappa shape index (κ1) is 18.7. The molecule has 0 aliphatic carbocycles. The molecule has 1 aliphatic heterocycles. The molecule has 146 valence electrons. The van der Waals surface area contributed by atoms with E-state index in [0.29, 0.717) is 26.2 Å². The number of sulfonamides is 1. The third kappa shape index (κ3) is 3.94. The minimum Gasteiger partial charge on any atom is -0.372 e. The van der Waals surface area contributed by atoms with E-state index in [-0.39, 0.29) is 17.3 Å². The zero-order chi connectivity index (χ0) is 19.6. The summed E-state index contributed by atoms with van der Waals surface area (Å²) in [4.78, 5) is 15.4. The van der Waals surface area contributed by atoms with Crippen LogP contribution in [0.15, 0.2) is 53.6 Å². The minimum atomic E-state index is -3.75. The van der Waals surface area contributed by atoms with Gasteiger partial charge in [-0.25, -0.2) is 13.1 Å². The first-order valence-electron chi connectivity index (χ1n) is 9.04. The molecule has 0 spiro atoms. The van der Waals surface area contributed by atoms with Crippen molar-refractivity contribution in [1.82, 2.24) is 15.0 Å². The maximum atomic E-state index is 12.4. The number of nitrogens with one attached hydrogen (secondary N) is 3. The van der Waals surface area contributed by atoms with Crippen molar-refractivity contribution in [3.8, 4) is 0 Å². The predicted octanol–water partition coefficient (Wildman–Crippen LogP) is 1.84. The van der Waals surface area contributed by atoms with Gasteiger partial charge < -0.3 is 15.0 Å². The molecule has 2 aromatic carbocycles. The highest BCUT2D eigenvalue weighted by Gasteiger charge is 2.19. The Morgan fingerprint density at radius 2 is 1.93 bits per heavy atom.